The molecule has 0 radical (unpaired) electrons. The van der Waals surface area contributed by atoms with Gasteiger partial charge in [-0.2, -0.15) is 10.1 Å². The summed E-state index contributed by atoms with van der Waals surface area (Å²) in [6, 6.07) is 10.0. The van der Waals surface area contributed by atoms with Crippen molar-refractivity contribution in [1.29, 1.82) is 0 Å². The van der Waals surface area contributed by atoms with Gasteiger partial charge in [0.2, 0.25) is 5.89 Å². The van der Waals surface area contributed by atoms with Gasteiger partial charge in [0.05, 0.1) is 32.8 Å². The highest BCUT2D eigenvalue weighted by Crippen LogP contribution is 2.53. The summed E-state index contributed by atoms with van der Waals surface area (Å²) in [7, 11) is 0. The second-order valence-corrected chi connectivity index (χ2v) is 9.64. The Morgan fingerprint density at radius 2 is 2.03 bits per heavy atom. The van der Waals surface area contributed by atoms with E-state index in [1.807, 2.05) is 5.51 Å². The van der Waals surface area contributed by atoms with Crippen molar-refractivity contribution < 1.29 is 4.52 Å². The molecule has 10 heteroatoms. The van der Waals surface area contributed by atoms with Crippen LogP contribution in [0.5, 0.6) is 0 Å². The molecule has 1 unspecified atom stereocenters. The summed E-state index contributed by atoms with van der Waals surface area (Å²) >= 11 is 1.69. The van der Waals surface area contributed by atoms with Gasteiger partial charge >= 0.3 is 0 Å². The number of anilines is 1. The fourth-order valence-electron chi connectivity index (χ4n) is 5.11. The van der Waals surface area contributed by atoms with Gasteiger partial charge < -0.3 is 9.42 Å². The minimum Gasteiger partial charge on any atom is -0.371 e. The van der Waals surface area contributed by atoms with Crippen molar-refractivity contribution in [3.05, 3.63) is 70.3 Å². The molecule has 0 N–H and O–H groups in total. The summed E-state index contributed by atoms with van der Waals surface area (Å²) in [4.78, 5) is 28.2. The summed E-state index contributed by atoms with van der Waals surface area (Å²) in [6.45, 7) is 2.28. The average Bonchev–Trinajstić information content (AvgIpc) is 3.33. The van der Waals surface area contributed by atoms with Crippen LogP contribution in [0.3, 0.4) is 0 Å². The zero-order valence-corrected chi connectivity index (χ0v) is 18.4. The second kappa shape index (κ2) is 7.17. The lowest BCUT2D eigenvalue weighted by Crippen LogP contribution is -2.24. The lowest BCUT2D eigenvalue weighted by atomic mass is 10.1. The normalized spacial score (nSPS) is 21.7. The number of piperidine rings is 1. The fourth-order valence-corrected chi connectivity index (χ4v) is 5.82. The van der Waals surface area contributed by atoms with Gasteiger partial charge in [-0.3, -0.25) is 9.78 Å². The van der Waals surface area contributed by atoms with Crippen LogP contribution in [-0.2, 0) is 13.0 Å². The number of benzene rings is 1. The Kier molecular flexibility index (Phi) is 4.10. The van der Waals surface area contributed by atoms with Gasteiger partial charge in [0.1, 0.15) is 6.54 Å². The maximum atomic E-state index is 12.6. The van der Waals surface area contributed by atoms with Crippen LogP contribution in [0, 0.1) is 17.8 Å². The van der Waals surface area contributed by atoms with Gasteiger partial charge in [-0.25, -0.2) is 9.67 Å². The molecule has 1 aromatic carbocycles. The molecule has 5 aromatic rings. The van der Waals surface area contributed by atoms with E-state index in [9.17, 15) is 4.79 Å². The first kappa shape index (κ1) is 18.9. The van der Waals surface area contributed by atoms with E-state index in [4.69, 9.17) is 4.52 Å². The molecule has 0 spiro atoms. The highest BCUT2D eigenvalue weighted by molar-refractivity contribution is 7.16. The Bertz CT molecular complexity index is 1550. The average molecular weight is 458 g/mol. The monoisotopic (exact) mass is 457 g/mol. The van der Waals surface area contributed by atoms with E-state index in [1.165, 1.54) is 15.1 Å². The molecule has 4 aromatic heterocycles. The summed E-state index contributed by atoms with van der Waals surface area (Å²) < 4.78 is 7.99. The van der Waals surface area contributed by atoms with E-state index < -0.39 is 0 Å². The molecule has 2 aliphatic rings. The smallest absolute Gasteiger partial charge is 0.276 e. The zero-order valence-electron chi connectivity index (χ0n) is 17.5. The summed E-state index contributed by atoms with van der Waals surface area (Å²) in [5, 5.41) is 8.87. The van der Waals surface area contributed by atoms with E-state index in [-0.39, 0.29) is 12.1 Å². The van der Waals surface area contributed by atoms with Gasteiger partial charge in [0.15, 0.2) is 5.82 Å². The highest BCUT2D eigenvalue weighted by Gasteiger charge is 2.55. The first-order valence-corrected chi connectivity index (χ1v) is 11.8. The molecule has 0 amide bonds. The lowest BCUT2D eigenvalue weighted by Gasteiger charge is -2.21. The van der Waals surface area contributed by atoms with E-state index in [1.54, 1.807) is 35.9 Å². The molecule has 9 nitrogen and oxygen atoms in total. The number of fused-ring (bicyclic) bond motifs is 3. The van der Waals surface area contributed by atoms with Crippen molar-refractivity contribution >= 4 is 38.1 Å². The van der Waals surface area contributed by atoms with Gasteiger partial charge in [-0.1, -0.05) is 5.16 Å². The maximum absolute atomic E-state index is 12.6. The number of nitrogens with zero attached hydrogens (tertiary/aromatic N) is 7. The molecule has 2 fully saturated rings. The first-order chi connectivity index (χ1) is 16.2. The van der Waals surface area contributed by atoms with Crippen molar-refractivity contribution in [2.24, 2.45) is 17.8 Å². The van der Waals surface area contributed by atoms with E-state index in [2.05, 4.69) is 48.3 Å². The standard InChI is InChI=1S/C23H19N7O2S/c31-23-14-2-1-5-24-19(14)8-26-30(23)11-22-27-21(28-32-22)7-15-16-9-29(10-17(15)16)13-3-4-18-20(6-13)33-12-25-18/h1-6,8,12,15-17H,7,9-11H2/t15?,16-,17+. The number of pyridine rings is 1. The molecular weight excluding hydrogens is 438 g/mol. The topological polar surface area (TPSA) is 103 Å². The molecule has 1 aliphatic carbocycles. The van der Waals surface area contributed by atoms with Crippen molar-refractivity contribution in [2.75, 3.05) is 18.0 Å². The van der Waals surface area contributed by atoms with Crippen LogP contribution in [0.15, 0.2) is 57.6 Å². The third-order valence-corrected chi connectivity index (χ3v) is 7.68. The van der Waals surface area contributed by atoms with Gasteiger partial charge in [-0.05, 0) is 48.1 Å². The van der Waals surface area contributed by atoms with Gasteiger partial charge in [0, 0.05) is 31.4 Å². The first-order valence-electron chi connectivity index (χ1n) is 10.9. The van der Waals surface area contributed by atoms with Gasteiger partial charge in [0.25, 0.3) is 5.56 Å². The van der Waals surface area contributed by atoms with E-state index >= 15 is 0 Å². The predicted molar refractivity (Wildman–Crippen MR) is 123 cm³/mol. The third-order valence-electron chi connectivity index (χ3n) is 6.89. The number of thiazole rings is 1. The predicted octanol–water partition coefficient (Wildman–Crippen LogP) is 2.76. The van der Waals surface area contributed by atoms with Crippen LogP contribution >= 0.6 is 11.3 Å². The van der Waals surface area contributed by atoms with Crippen molar-refractivity contribution in [2.45, 2.75) is 13.0 Å². The molecule has 1 aliphatic heterocycles. The number of rotatable bonds is 5. The molecule has 0 bridgehead atoms. The lowest BCUT2D eigenvalue weighted by molar-refractivity contribution is 0.357. The fraction of sp³-hybridized carbons (Fsp3) is 0.304. The number of hydrogen-bond donors (Lipinski definition) is 0. The van der Waals surface area contributed by atoms with Crippen LogP contribution in [0.1, 0.15) is 11.7 Å². The Morgan fingerprint density at radius 1 is 1.12 bits per heavy atom. The van der Waals surface area contributed by atoms with E-state index in [0.29, 0.717) is 40.4 Å². The molecule has 1 saturated heterocycles. The van der Waals surface area contributed by atoms with Crippen molar-refractivity contribution in [1.82, 2.24) is 29.9 Å². The highest BCUT2D eigenvalue weighted by atomic mass is 32.1. The molecule has 33 heavy (non-hydrogen) atoms. The van der Waals surface area contributed by atoms with Crippen LogP contribution < -0.4 is 10.5 Å². The maximum Gasteiger partial charge on any atom is 0.276 e. The molecule has 7 rings (SSSR count). The summed E-state index contributed by atoms with van der Waals surface area (Å²) in [6.07, 6.45) is 4.03. The van der Waals surface area contributed by atoms with Crippen molar-refractivity contribution in [3.63, 3.8) is 0 Å². The Labute approximate surface area is 191 Å². The quantitative estimate of drug-likeness (QED) is 0.397. The Hall–Kier alpha value is -3.66. The Morgan fingerprint density at radius 3 is 2.94 bits per heavy atom. The third kappa shape index (κ3) is 3.20. The molecule has 3 atom stereocenters. The van der Waals surface area contributed by atoms with Crippen LogP contribution in [0.25, 0.3) is 21.1 Å². The molecule has 164 valence electrons. The van der Waals surface area contributed by atoms with Crippen molar-refractivity contribution in [3.8, 4) is 0 Å². The minimum atomic E-state index is -0.214. The summed E-state index contributed by atoms with van der Waals surface area (Å²) in [5.41, 5.74) is 4.61. The largest absolute Gasteiger partial charge is 0.371 e. The number of hydrogen-bond acceptors (Lipinski definition) is 9. The van der Waals surface area contributed by atoms with Crippen LogP contribution in [0.4, 0.5) is 5.69 Å². The zero-order chi connectivity index (χ0) is 21.9. The molecule has 1 saturated carbocycles. The van der Waals surface area contributed by atoms with Crippen LogP contribution in [-0.4, -0.2) is 43.0 Å². The number of aromatic nitrogens is 6. The minimum absolute atomic E-state index is 0.155. The van der Waals surface area contributed by atoms with Gasteiger partial charge in [-0.15, -0.1) is 11.3 Å². The summed E-state index contributed by atoms with van der Waals surface area (Å²) in [5.74, 6) is 3.03. The second-order valence-electron chi connectivity index (χ2n) is 8.75. The SMILES string of the molecule is O=c1c2cccnc2cnn1Cc1nc(CC2[C@H]3CN(c4ccc5ncsc5c4)C[C@@H]23)no1. The molecular formula is C23H19N7O2S. The van der Waals surface area contributed by atoms with Crippen LogP contribution in [0.2, 0.25) is 0 Å². The Balaban J connectivity index is 1.01. The van der Waals surface area contributed by atoms with E-state index in [0.717, 1.165) is 25.0 Å². The molecule has 5 heterocycles.